The SMILES string of the molecule is OCC#Cc1cc(F)cc(OCc2ccccn2)c1. The number of halogens is 1. The van der Waals surface area contributed by atoms with Gasteiger partial charge in [-0.25, -0.2) is 4.39 Å². The first-order valence-electron chi connectivity index (χ1n) is 5.71. The molecule has 0 saturated heterocycles. The predicted octanol–water partition coefficient (Wildman–Crippen LogP) is 2.14. The molecule has 0 saturated carbocycles. The Balaban J connectivity index is 2.10. The minimum Gasteiger partial charge on any atom is -0.487 e. The van der Waals surface area contributed by atoms with E-state index in [-0.39, 0.29) is 13.2 Å². The van der Waals surface area contributed by atoms with Crippen molar-refractivity contribution in [2.24, 2.45) is 0 Å². The van der Waals surface area contributed by atoms with Gasteiger partial charge in [-0.3, -0.25) is 4.98 Å². The van der Waals surface area contributed by atoms with Gasteiger partial charge in [0.2, 0.25) is 0 Å². The molecule has 0 aliphatic carbocycles. The van der Waals surface area contributed by atoms with Crippen LogP contribution in [0.25, 0.3) is 0 Å². The average Bonchev–Trinajstić information content (AvgIpc) is 2.43. The predicted molar refractivity (Wildman–Crippen MR) is 68.9 cm³/mol. The lowest BCUT2D eigenvalue weighted by molar-refractivity contribution is 0.299. The van der Waals surface area contributed by atoms with Crippen molar-refractivity contribution in [3.63, 3.8) is 0 Å². The number of hydrogen-bond donors (Lipinski definition) is 1. The molecule has 0 bridgehead atoms. The summed E-state index contributed by atoms with van der Waals surface area (Å²) in [6.07, 6.45) is 1.67. The monoisotopic (exact) mass is 257 g/mol. The van der Waals surface area contributed by atoms with Crippen LogP contribution in [0.2, 0.25) is 0 Å². The van der Waals surface area contributed by atoms with Crippen molar-refractivity contribution in [3.8, 4) is 17.6 Å². The highest BCUT2D eigenvalue weighted by atomic mass is 19.1. The molecule has 0 radical (unpaired) electrons. The van der Waals surface area contributed by atoms with Gasteiger partial charge in [0.25, 0.3) is 0 Å². The van der Waals surface area contributed by atoms with Gasteiger partial charge >= 0.3 is 0 Å². The topological polar surface area (TPSA) is 42.4 Å². The molecule has 0 amide bonds. The summed E-state index contributed by atoms with van der Waals surface area (Å²) in [4.78, 5) is 4.11. The van der Waals surface area contributed by atoms with E-state index in [0.29, 0.717) is 11.3 Å². The van der Waals surface area contributed by atoms with Gasteiger partial charge in [-0.2, -0.15) is 0 Å². The number of hydrogen-bond acceptors (Lipinski definition) is 3. The Bertz CT molecular complexity index is 603. The Morgan fingerprint density at radius 2 is 2.16 bits per heavy atom. The van der Waals surface area contributed by atoms with Gasteiger partial charge in [0.05, 0.1) is 5.69 Å². The minimum absolute atomic E-state index is 0.261. The van der Waals surface area contributed by atoms with Gasteiger partial charge in [0, 0.05) is 17.8 Å². The normalized spacial score (nSPS) is 9.58. The molecule has 3 nitrogen and oxygen atoms in total. The number of aromatic nitrogens is 1. The molecule has 1 N–H and O–H groups in total. The van der Waals surface area contributed by atoms with Crippen LogP contribution in [0.15, 0.2) is 42.6 Å². The van der Waals surface area contributed by atoms with Crippen LogP contribution < -0.4 is 4.74 Å². The number of ether oxygens (including phenoxy) is 1. The fourth-order valence-electron chi connectivity index (χ4n) is 1.50. The van der Waals surface area contributed by atoms with Crippen LogP contribution in [0.1, 0.15) is 11.3 Å². The Labute approximate surface area is 110 Å². The molecule has 1 heterocycles. The maximum atomic E-state index is 13.4. The summed E-state index contributed by atoms with van der Waals surface area (Å²) in [6.45, 7) is -0.00218. The van der Waals surface area contributed by atoms with E-state index in [1.54, 1.807) is 12.3 Å². The fraction of sp³-hybridized carbons (Fsp3) is 0.133. The van der Waals surface area contributed by atoms with Gasteiger partial charge in [-0.15, -0.1) is 0 Å². The summed E-state index contributed by atoms with van der Waals surface area (Å²) in [7, 11) is 0. The first-order valence-corrected chi connectivity index (χ1v) is 5.71. The highest BCUT2D eigenvalue weighted by Gasteiger charge is 2.01. The molecule has 2 rings (SSSR count). The molecule has 0 aliphatic rings. The average molecular weight is 257 g/mol. The quantitative estimate of drug-likeness (QED) is 0.857. The van der Waals surface area contributed by atoms with E-state index in [4.69, 9.17) is 9.84 Å². The maximum Gasteiger partial charge on any atom is 0.130 e. The highest BCUT2D eigenvalue weighted by Crippen LogP contribution is 2.17. The zero-order chi connectivity index (χ0) is 13.5. The van der Waals surface area contributed by atoms with E-state index in [1.165, 1.54) is 12.1 Å². The Kier molecular flexibility index (Phi) is 4.49. The number of benzene rings is 1. The second kappa shape index (κ2) is 6.53. The third-order valence-corrected chi connectivity index (χ3v) is 2.30. The van der Waals surface area contributed by atoms with Crippen molar-refractivity contribution in [3.05, 3.63) is 59.7 Å². The molecule has 2 aromatic rings. The van der Waals surface area contributed by atoms with Gasteiger partial charge in [0.1, 0.15) is 24.8 Å². The zero-order valence-electron chi connectivity index (χ0n) is 10.1. The van der Waals surface area contributed by atoms with Crippen molar-refractivity contribution in [2.75, 3.05) is 6.61 Å². The van der Waals surface area contributed by atoms with Gasteiger partial charge in [-0.05, 0) is 24.3 Å². The number of nitrogens with zero attached hydrogens (tertiary/aromatic N) is 1. The molecule has 0 spiro atoms. The van der Waals surface area contributed by atoms with E-state index in [2.05, 4.69) is 16.8 Å². The van der Waals surface area contributed by atoms with Gasteiger partial charge in [0.15, 0.2) is 0 Å². The van der Waals surface area contributed by atoms with Crippen molar-refractivity contribution in [2.45, 2.75) is 6.61 Å². The van der Waals surface area contributed by atoms with Gasteiger partial charge < -0.3 is 9.84 Å². The van der Waals surface area contributed by atoms with Crippen LogP contribution in [0.3, 0.4) is 0 Å². The largest absolute Gasteiger partial charge is 0.487 e. The van der Waals surface area contributed by atoms with Crippen LogP contribution in [0.4, 0.5) is 4.39 Å². The van der Waals surface area contributed by atoms with E-state index in [1.807, 2.05) is 18.2 Å². The lowest BCUT2D eigenvalue weighted by Crippen LogP contribution is -1.98. The molecular formula is C15H12FNO2. The van der Waals surface area contributed by atoms with Crippen LogP contribution in [-0.2, 0) is 6.61 Å². The van der Waals surface area contributed by atoms with E-state index >= 15 is 0 Å². The Morgan fingerprint density at radius 3 is 2.89 bits per heavy atom. The molecule has 0 fully saturated rings. The lowest BCUT2D eigenvalue weighted by atomic mass is 10.2. The van der Waals surface area contributed by atoms with Gasteiger partial charge in [-0.1, -0.05) is 17.9 Å². The molecular weight excluding hydrogens is 245 g/mol. The summed E-state index contributed by atoms with van der Waals surface area (Å²) in [5, 5.41) is 8.61. The Hall–Kier alpha value is -2.38. The van der Waals surface area contributed by atoms with E-state index in [0.717, 1.165) is 5.69 Å². The Morgan fingerprint density at radius 1 is 1.26 bits per heavy atom. The van der Waals surface area contributed by atoms with E-state index < -0.39 is 5.82 Å². The molecule has 4 heteroatoms. The van der Waals surface area contributed by atoms with Crippen molar-refractivity contribution < 1.29 is 14.2 Å². The third kappa shape index (κ3) is 4.09. The summed E-state index contributed by atoms with van der Waals surface area (Å²) >= 11 is 0. The standard InChI is InChI=1S/C15H12FNO2/c16-13-8-12(4-3-7-18)9-15(10-13)19-11-14-5-1-2-6-17-14/h1-2,5-6,8-10,18H,7,11H2. The molecule has 0 aliphatic heterocycles. The molecule has 19 heavy (non-hydrogen) atoms. The van der Waals surface area contributed by atoms with E-state index in [9.17, 15) is 4.39 Å². The van der Waals surface area contributed by atoms with Crippen LogP contribution in [0.5, 0.6) is 5.75 Å². The van der Waals surface area contributed by atoms with Crippen LogP contribution in [-0.4, -0.2) is 16.7 Å². The maximum absolute atomic E-state index is 13.4. The van der Waals surface area contributed by atoms with Crippen molar-refractivity contribution in [1.29, 1.82) is 0 Å². The first-order chi connectivity index (χ1) is 9.28. The molecule has 96 valence electrons. The van der Waals surface area contributed by atoms with Crippen LogP contribution in [0, 0.1) is 17.7 Å². The summed E-state index contributed by atoms with van der Waals surface area (Å²) < 4.78 is 18.8. The van der Waals surface area contributed by atoms with Crippen molar-refractivity contribution >= 4 is 0 Å². The summed E-state index contributed by atoms with van der Waals surface area (Å²) in [6, 6.07) is 9.69. The summed E-state index contributed by atoms with van der Waals surface area (Å²) in [5.74, 6) is 5.05. The number of aliphatic hydroxyl groups excluding tert-OH is 1. The third-order valence-electron chi connectivity index (χ3n) is 2.30. The second-order valence-electron chi connectivity index (χ2n) is 3.75. The minimum atomic E-state index is -0.430. The molecule has 0 atom stereocenters. The number of aliphatic hydroxyl groups is 1. The number of pyridine rings is 1. The highest BCUT2D eigenvalue weighted by molar-refractivity contribution is 5.40. The zero-order valence-corrected chi connectivity index (χ0v) is 10.1. The smallest absolute Gasteiger partial charge is 0.130 e. The second-order valence-corrected chi connectivity index (χ2v) is 3.75. The van der Waals surface area contributed by atoms with Crippen molar-refractivity contribution in [1.82, 2.24) is 4.98 Å². The van der Waals surface area contributed by atoms with Crippen LogP contribution >= 0.6 is 0 Å². The first kappa shape index (κ1) is 13.1. The lowest BCUT2D eigenvalue weighted by Gasteiger charge is -2.06. The molecule has 1 aromatic heterocycles. The molecule has 1 aromatic carbocycles. The number of rotatable bonds is 3. The summed E-state index contributed by atoms with van der Waals surface area (Å²) in [5.41, 5.74) is 1.22. The fourth-order valence-corrected chi connectivity index (χ4v) is 1.50. The molecule has 0 unspecified atom stereocenters.